The van der Waals surface area contributed by atoms with E-state index in [1.54, 1.807) is 12.1 Å². The Labute approximate surface area is 137 Å². The number of imide groups is 2. The third kappa shape index (κ3) is 3.86. The Bertz CT molecular complexity index is 735. The minimum atomic E-state index is -1.10. The molecule has 0 radical (unpaired) electrons. The second-order valence-electron chi connectivity index (χ2n) is 4.77. The van der Waals surface area contributed by atoms with Gasteiger partial charge in [-0.15, -0.1) is 6.58 Å². The number of nitrogens with zero attached hydrogens (tertiary/aromatic N) is 1. The molecule has 124 valence electrons. The molecule has 4 amide bonds. The Kier molecular flexibility index (Phi) is 5.10. The topological polar surface area (TPSA) is 113 Å². The lowest BCUT2D eigenvalue weighted by Gasteiger charge is -2.25. The van der Waals surface area contributed by atoms with Gasteiger partial charge in [-0.25, -0.2) is 9.59 Å². The predicted molar refractivity (Wildman–Crippen MR) is 83.0 cm³/mol. The average molecular weight is 330 g/mol. The fourth-order valence-electron chi connectivity index (χ4n) is 1.96. The molecule has 24 heavy (non-hydrogen) atoms. The molecule has 1 aliphatic rings. The van der Waals surface area contributed by atoms with E-state index in [2.05, 4.69) is 11.9 Å². The van der Waals surface area contributed by atoms with Crippen LogP contribution in [0.15, 0.2) is 42.5 Å². The van der Waals surface area contributed by atoms with E-state index in [4.69, 9.17) is 9.84 Å². The molecule has 8 nitrogen and oxygen atoms in total. The van der Waals surface area contributed by atoms with Crippen molar-refractivity contribution in [3.63, 3.8) is 0 Å². The predicted octanol–water partition coefficient (Wildman–Crippen LogP) is 0.798. The molecule has 1 aromatic rings. The number of aliphatic carboxylic acids is 1. The number of carbonyl (C=O) groups is 4. The van der Waals surface area contributed by atoms with Gasteiger partial charge < -0.3 is 9.84 Å². The summed E-state index contributed by atoms with van der Waals surface area (Å²) in [5.74, 6) is -2.26. The summed E-state index contributed by atoms with van der Waals surface area (Å²) in [7, 11) is 0. The van der Waals surface area contributed by atoms with Crippen molar-refractivity contribution < 1.29 is 29.0 Å². The third-order valence-corrected chi connectivity index (χ3v) is 3.05. The van der Waals surface area contributed by atoms with Crippen molar-refractivity contribution in [2.75, 3.05) is 13.2 Å². The summed E-state index contributed by atoms with van der Waals surface area (Å²) in [6.07, 6.45) is 2.71. The number of carboxylic acids is 1. The Morgan fingerprint density at radius 1 is 1.25 bits per heavy atom. The van der Waals surface area contributed by atoms with E-state index in [1.165, 1.54) is 24.3 Å². The molecule has 0 spiro atoms. The largest absolute Gasteiger partial charge is 0.482 e. The van der Waals surface area contributed by atoms with Crippen molar-refractivity contribution in [3.8, 4) is 5.75 Å². The maximum Gasteiger partial charge on any atom is 0.341 e. The normalized spacial score (nSPS) is 16.1. The van der Waals surface area contributed by atoms with Gasteiger partial charge in [0.2, 0.25) is 0 Å². The highest BCUT2D eigenvalue weighted by molar-refractivity contribution is 6.31. The lowest BCUT2D eigenvalue weighted by atomic mass is 10.1. The molecule has 0 unspecified atom stereocenters. The van der Waals surface area contributed by atoms with Crippen LogP contribution in [0.5, 0.6) is 5.75 Å². The van der Waals surface area contributed by atoms with E-state index in [0.29, 0.717) is 11.3 Å². The molecule has 2 rings (SSSR count). The van der Waals surface area contributed by atoms with Gasteiger partial charge in [0.05, 0.1) is 0 Å². The fraction of sp³-hybridized carbons (Fsp3) is 0.125. The number of barbiturate groups is 1. The monoisotopic (exact) mass is 330 g/mol. The molecule has 0 saturated carbocycles. The number of carbonyl (C=O) groups excluding carboxylic acids is 3. The lowest BCUT2D eigenvalue weighted by molar-refractivity contribution is -0.139. The molecule has 1 fully saturated rings. The molecule has 0 atom stereocenters. The molecule has 1 aromatic carbocycles. The van der Waals surface area contributed by atoms with Crippen LogP contribution in [0.1, 0.15) is 5.56 Å². The molecular weight excluding hydrogens is 316 g/mol. The van der Waals surface area contributed by atoms with Gasteiger partial charge >= 0.3 is 12.0 Å². The molecule has 0 aromatic heterocycles. The Morgan fingerprint density at radius 3 is 2.50 bits per heavy atom. The number of benzene rings is 1. The van der Waals surface area contributed by atoms with E-state index in [-0.39, 0.29) is 12.1 Å². The second kappa shape index (κ2) is 7.23. The van der Waals surface area contributed by atoms with Crippen molar-refractivity contribution in [2.24, 2.45) is 0 Å². The van der Waals surface area contributed by atoms with Crippen molar-refractivity contribution in [3.05, 3.63) is 48.1 Å². The SMILES string of the molecule is C=CCN1C(=O)NC(=O)C(=Cc2ccc(OCC(=O)O)cc2)C1=O. The zero-order valence-corrected chi connectivity index (χ0v) is 12.5. The highest BCUT2D eigenvalue weighted by Gasteiger charge is 2.34. The van der Waals surface area contributed by atoms with Crippen LogP contribution in [0.2, 0.25) is 0 Å². The number of hydrogen-bond donors (Lipinski definition) is 2. The lowest BCUT2D eigenvalue weighted by Crippen LogP contribution is -2.54. The smallest absolute Gasteiger partial charge is 0.341 e. The first-order valence-corrected chi connectivity index (χ1v) is 6.87. The summed E-state index contributed by atoms with van der Waals surface area (Å²) in [6, 6.07) is 5.33. The molecule has 0 aliphatic carbocycles. The average Bonchev–Trinajstić information content (AvgIpc) is 2.54. The van der Waals surface area contributed by atoms with E-state index in [1.807, 2.05) is 0 Å². The van der Waals surface area contributed by atoms with E-state index < -0.39 is 30.4 Å². The fourth-order valence-corrected chi connectivity index (χ4v) is 1.96. The summed E-state index contributed by atoms with van der Waals surface area (Å²) in [5.41, 5.74) is 0.333. The molecule has 8 heteroatoms. The van der Waals surface area contributed by atoms with Gasteiger partial charge in [-0.1, -0.05) is 18.2 Å². The van der Waals surface area contributed by atoms with Gasteiger partial charge in [-0.3, -0.25) is 19.8 Å². The number of urea groups is 1. The molecule has 2 N–H and O–H groups in total. The summed E-state index contributed by atoms with van der Waals surface area (Å²) in [4.78, 5) is 47.0. The maximum atomic E-state index is 12.2. The number of ether oxygens (including phenoxy) is 1. The van der Waals surface area contributed by atoms with E-state index in [0.717, 1.165) is 4.90 Å². The van der Waals surface area contributed by atoms with Gasteiger partial charge in [0.1, 0.15) is 11.3 Å². The van der Waals surface area contributed by atoms with Gasteiger partial charge in [0, 0.05) is 6.54 Å². The van der Waals surface area contributed by atoms with Crippen LogP contribution in [-0.4, -0.2) is 47.0 Å². The molecule has 1 aliphatic heterocycles. The van der Waals surface area contributed by atoms with Gasteiger partial charge in [0.25, 0.3) is 11.8 Å². The summed E-state index contributed by atoms with van der Waals surface area (Å²) >= 11 is 0. The van der Waals surface area contributed by atoms with Crippen molar-refractivity contribution in [1.29, 1.82) is 0 Å². The van der Waals surface area contributed by atoms with Crippen LogP contribution in [-0.2, 0) is 14.4 Å². The van der Waals surface area contributed by atoms with Crippen LogP contribution < -0.4 is 10.1 Å². The maximum absolute atomic E-state index is 12.2. The van der Waals surface area contributed by atoms with Crippen molar-refractivity contribution in [2.45, 2.75) is 0 Å². The number of carboxylic acid groups (broad SMARTS) is 1. The summed E-state index contributed by atoms with van der Waals surface area (Å²) in [5, 5.41) is 10.6. The highest BCUT2D eigenvalue weighted by Crippen LogP contribution is 2.17. The van der Waals surface area contributed by atoms with E-state index in [9.17, 15) is 19.2 Å². The van der Waals surface area contributed by atoms with Gasteiger partial charge in [-0.05, 0) is 23.8 Å². The third-order valence-electron chi connectivity index (χ3n) is 3.05. The Hall–Kier alpha value is -3.42. The standard InChI is InChI=1S/C16H14N2O6/c1-2-7-18-15(22)12(14(21)17-16(18)23)8-10-3-5-11(6-4-10)24-9-13(19)20/h2-6,8H,1,7,9H2,(H,19,20)(H,17,21,23). The zero-order chi connectivity index (χ0) is 17.7. The number of rotatable bonds is 6. The van der Waals surface area contributed by atoms with Crippen LogP contribution >= 0.6 is 0 Å². The van der Waals surface area contributed by atoms with Crippen LogP contribution in [0.25, 0.3) is 6.08 Å². The number of nitrogens with one attached hydrogen (secondary N) is 1. The number of amides is 4. The Balaban J connectivity index is 2.20. The Morgan fingerprint density at radius 2 is 1.92 bits per heavy atom. The molecule has 0 bridgehead atoms. The van der Waals surface area contributed by atoms with Crippen LogP contribution in [0.4, 0.5) is 4.79 Å². The number of hydrogen-bond acceptors (Lipinski definition) is 5. The highest BCUT2D eigenvalue weighted by atomic mass is 16.5. The first-order valence-electron chi connectivity index (χ1n) is 6.87. The second-order valence-corrected chi connectivity index (χ2v) is 4.77. The molecule has 1 saturated heterocycles. The summed E-state index contributed by atoms with van der Waals surface area (Å²) < 4.78 is 4.99. The van der Waals surface area contributed by atoms with E-state index >= 15 is 0 Å². The van der Waals surface area contributed by atoms with Gasteiger partial charge in [0.15, 0.2) is 6.61 Å². The van der Waals surface area contributed by atoms with Crippen molar-refractivity contribution in [1.82, 2.24) is 10.2 Å². The van der Waals surface area contributed by atoms with Gasteiger partial charge in [-0.2, -0.15) is 0 Å². The quantitative estimate of drug-likeness (QED) is 0.453. The minimum Gasteiger partial charge on any atom is -0.482 e. The molecular formula is C16H14N2O6. The van der Waals surface area contributed by atoms with Crippen LogP contribution in [0.3, 0.4) is 0 Å². The van der Waals surface area contributed by atoms with Crippen LogP contribution in [0, 0.1) is 0 Å². The first kappa shape index (κ1) is 16.9. The zero-order valence-electron chi connectivity index (χ0n) is 12.5. The molecule has 1 heterocycles. The summed E-state index contributed by atoms with van der Waals surface area (Å²) in [6.45, 7) is 2.97. The van der Waals surface area contributed by atoms with Crippen molar-refractivity contribution >= 4 is 29.9 Å². The first-order chi connectivity index (χ1) is 11.4. The minimum absolute atomic E-state index is 0.0166.